The zero-order valence-corrected chi connectivity index (χ0v) is 13.8. The van der Waals surface area contributed by atoms with Crippen molar-refractivity contribution >= 4 is 11.6 Å². The summed E-state index contributed by atoms with van der Waals surface area (Å²) in [6.45, 7) is 4.24. The number of carbonyl (C=O) groups excluding carboxylic acids is 1. The van der Waals surface area contributed by atoms with Gasteiger partial charge in [0.15, 0.2) is 5.65 Å². The molecule has 3 aliphatic rings. The zero-order valence-electron chi connectivity index (χ0n) is 13.8. The average molecular weight is 325 g/mol. The SMILES string of the molecule is O=C(c1ccc2ncnn2c1)N1C[C@@H]2C[C@H](C1)[C@@H]1CCCCN1C2. The molecule has 3 saturated heterocycles. The molecule has 0 unspecified atom stereocenters. The van der Waals surface area contributed by atoms with Gasteiger partial charge in [0.25, 0.3) is 5.91 Å². The highest BCUT2D eigenvalue weighted by Gasteiger charge is 2.42. The lowest BCUT2D eigenvalue weighted by Crippen LogP contribution is -2.59. The van der Waals surface area contributed by atoms with E-state index in [0.29, 0.717) is 23.4 Å². The van der Waals surface area contributed by atoms with E-state index in [9.17, 15) is 4.79 Å². The lowest BCUT2D eigenvalue weighted by molar-refractivity contribution is -0.0243. The van der Waals surface area contributed by atoms with Crippen molar-refractivity contribution in [1.29, 1.82) is 0 Å². The van der Waals surface area contributed by atoms with Crippen LogP contribution in [0.5, 0.6) is 0 Å². The largest absolute Gasteiger partial charge is 0.338 e. The van der Waals surface area contributed by atoms with Gasteiger partial charge >= 0.3 is 0 Å². The summed E-state index contributed by atoms with van der Waals surface area (Å²) < 4.78 is 1.68. The van der Waals surface area contributed by atoms with E-state index in [1.54, 1.807) is 4.52 Å². The fourth-order valence-corrected chi connectivity index (χ4v) is 5.06. The number of pyridine rings is 1. The Hall–Kier alpha value is -1.95. The molecule has 2 bridgehead atoms. The first-order valence-electron chi connectivity index (χ1n) is 9.10. The average Bonchev–Trinajstić information content (AvgIpc) is 3.08. The van der Waals surface area contributed by atoms with Crippen molar-refractivity contribution in [2.45, 2.75) is 31.7 Å². The van der Waals surface area contributed by atoms with Crippen LogP contribution in [0.2, 0.25) is 0 Å². The molecule has 24 heavy (non-hydrogen) atoms. The summed E-state index contributed by atoms with van der Waals surface area (Å²) in [5.41, 5.74) is 1.49. The second-order valence-electron chi connectivity index (χ2n) is 7.61. The van der Waals surface area contributed by atoms with Crippen molar-refractivity contribution < 1.29 is 4.79 Å². The minimum Gasteiger partial charge on any atom is -0.338 e. The molecule has 1 amide bonds. The Kier molecular flexibility index (Phi) is 3.33. The molecular weight excluding hydrogens is 302 g/mol. The van der Waals surface area contributed by atoms with Crippen LogP contribution in [-0.4, -0.2) is 62.5 Å². The first kappa shape index (κ1) is 14.4. The first-order chi connectivity index (χ1) is 11.8. The van der Waals surface area contributed by atoms with Crippen molar-refractivity contribution in [3.8, 4) is 0 Å². The highest BCUT2D eigenvalue weighted by Crippen LogP contribution is 2.37. The molecule has 0 aromatic carbocycles. The summed E-state index contributed by atoms with van der Waals surface area (Å²) in [5, 5.41) is 4.15. The topological polar surface area (TPSA) is 53.7 Å². The lowest BCUT2D eigenvalue weighted by Gasteiger charge is -2.52. The lowest BCUT2D eigenvalue weighted by atomic mass is 9.76. The minimum absolute atomic E-state index is 0.145. The number of hydrogen-bond donors (Lipinski definition) is 0. The number of piperidine rings is 3. The van der Waals surface area contributed by atoms with Gasteiger partial charge in [0.1, 0.15) is 6.33 Å². The number of aromatic nitrogens is 3. The maximum atomic E-state index is 13.0. The van der Waals surface area contributed by atoms with E-state index < -0.39 is 0 Å². The number of nitrogens with zero attached hydrogens (tertiary/aromatic N) is 5. The summed E-state index contributed by atoms with van der Waals surface area (Å²) >= 11 is 0. The molecule has 3 atom stereocenters. The van der Waals surface area contributed by atoms with E-state index in [1.807, 2.05) is 18.3 Å². The van der Waals surface area contributed by atoms with Crippen LogP contribution in [0.15, 0.2) is 24.7 Å². The summed E-state index contributed by atoms with van der Waals surface area (Å²) in [6.07, 6.45) is 8.63. The Morgan fingerprint density at radius 1 is 1.17 bits per heavy atom. The van der Waals surface area contributed by atoms with E-state index >= 15 is 0 Å². The molecule has 0 saturated carbocycles. The van der Waals surface area contributed by atoms with Crippen LogP contribution in [0.4, 0.5) is 0 Å². The quantitative estimate of drug-likeness (QED) is 0.800. The van der Waals surface area contributed by atoms with Gasteiger partial charge in [-0.15, -0.1) is 0 Å². The van der Waals surface area contributed by atoms with Gasteiger partial charge in [-0.3, -0.25) is 9.69 Å². The fourth-order valence-electron chi connectivity index (χ4n) is 5.06. The highest BCUT2D eigenvalue weighted by molar-refractivity contribution is 5.94. The molecular formula is C18H23N5O. The van der Waals surface area contributed by atoms with Gasteiger partial charge in [-0.25, -0.2) is 9.50 Å². The van der Waals surface area contributed by atoms with E-state index in [4.69, 9.17) is 0 Å². The van der Waals surface area contributed by atoms with Crippen molar-refractivity contribution in [2.24, 2.45) is 11.8 Å². The summed E-state index contributed by atoms with van der Waals surface area (Å²) in [6, 6.07) is 4.45. The summed E-state index contributed by atoms with van der Waals surface area (Å²) in [7, 11) is 0. The summed E-state index contributed by atoms with van der Waals surface area (Å²) in [4.78, 5) is 21.9. The molecule has 5 heterocycles. The number of carbonyl (C=O) groups is 1. The number of likely N-dealkylation sites (tertiary alicyclic amines) is 1. The maximum Gasteiger partial charge on any atom is 0.255 e. The van der Waals surface area contributed by atoms with Crippen molar-refractivity contribution in [3.63, 3.8) is 0 Å². The normalized spacial score (nSPS) is 30.3. The molecule has 6 heteroatoms. The van der Waals surface area contributed by atoms with Gasteiger partial charge < -0.3 is 4.90 Å². The van der Waals surface area contributed by atoms with E-state index in [2.05, 4.69) is 19.9 Å². The second-order valence-corrected chi connectivity index (χ2v) is 7.61. The molecule has 0 N–H and O–H groups in total. The van der Waals surface area contributed by atoms with Gasteiger partial charge in [-0.1, -0.05) is 6.42 Å². The van der Waals surface area contributed by atoms with Crippen LogP contribution in [-0.2, 0) is 0 Å². The fraction of sp³-hybridized carbons (Fsp3) is 0.611. The Morgan fingerprint density at radius 3 is 3.08 bits per heavy atom. The van der Waals surface area contributed by atoms with Crippen molar-refractivity contribution in [3.05, 3.63) is 30.2 Å². The van der Waals surface area contributed by atoms with Gasteiger partial charge in [0, 0.05) is 31.9 Å². The Balaban J connectivity index is 1.38. The van der Waals surface area contributed by atoms with Crippen LogP contribution in [0, 0.1) is 11.8 Å². The van der Waals surface area contributed by atoms with Gasteiger partial charge in [0.2, 0.25) is 0 Å². The molecule has 0 radical (unpaired) electrons. The van der Waals surface area contributed by atoms with Crippen molar-refractivity contribution in [2.75, 3.05) is 26.2 Å². The Bertz CT molecular complexity index is 772. The van der Waals surface area contributed by atoms with E-state index in [1.165, 1.54) is 45.1 Å². The second kappa shape index (κ2) is 5.55. The highest BCUT2D eigenvalue weighted by atomic mass is 16.2. The standard InChI is InChI=1S/C18H23N5O/c24-18(14-4-5-17-19-12-20-23(17)11-14)22-9-13-7-15(10-22)16-3-1-2-6-21(16)8-13/h4-5,11-13,15-16H,1-3,6-10H2/t13-,15-,16+/m1/s1. The van der Waals surface area contributed by atoms with Crippen LogP contribution in [0.3, 0.4) is 0 Å². The molecule has 3 fully saturated rings. The predicted octanol–water partition coefficient (Wildman–Crippen LogP) is 1.68. The van der Waals surface area contributed by atoms with Crippen molar-refractivity contribution in [1.82, 2.24) is 24.4 Å². The monoisotopic (exact) mass is 325 g/mol. The van der Waals surface area contributed by atoms with Crippen LogP contribution in [0.1, 0.15) is 36.0 Å². The van der Waals surface area contributed by atoms with E-state index in [-0.39, 0.29) is 5.91 Å². The third kappa shape index (κ3) is 2.32. The molecule has 0 aliphatic carbocycles. The van der Waals surface area contributed by atoms with Gasteiger partial charge in [-0.2, -0.15) is 5.10 Å². The summed E-state index contributed by atoms with van der Waals surface area (Å²) in [5.74, 6) is 1.43. The molecule has 6 nitrogen and oxygen atoms in total. The maximum absolute atomic E-state index is 13.0. The zero-order chi connectivity index (χ0) is 16.1. The molecule has 3 aliphatic heterocycles. The number of rotatable bonds is 1. The minimum atomic E-state index is 0.145. The smallest absolute Gasteiger partial charge is 0.255 e. The third-order valence-corrected chi connectivity index (χ3v) is 6.08. The third-order valence-electron chi connectivity index (χ3n) is 6.08. The number of hydrogen-bond acceptors (Lipinski definition) is 4. The van der Waals surface area contributed by atoms with E-state index in [0.717, 1.165) is 18.7 Å². The van der Waals surface area contributed by atoms with Gasteiger partial charge in [0.05, 0.1) is 5.56 Å². The molecule has 5 rings (SSSR count). The van der Waals surface area contributed by atoms with Gasteiger partial charge in [-0.05, 0) is 49.8 Å². The number of amides is 1. The molecule has 2 aromatic heterocycles. The Labute approximate surface area is 141 Å². The molecule has 2 aromatic rings. The molecule has 126 valence electrons. The Morgan fingerprint density at radius 2 is 2.12 bits per heavy atom. The molecule has 0 spiro atoms. The van der Waals surface area contributed by atoms with Crippen LogP contribution >= 0.6 is 0 Å². The van der Waals surface area contributed by atoms with Crippen LogP contribution < -0.4 is 0 Å². The number of fused-ring (bicyclic) bond motifs is 5. The first-order valence-corrected chi connectivity index (χ1v) is 9.10. The predicted molar refractivity (Wildman–Crippen MR) is 89.7 cm³/mol. The van der Waals surface area contributed by atoms with Crippen LogP contribution in [0.25, 0.3) is 5.65 Å².